The van der Waals surface area contributed by atoms with Crippen LogP contribution in [0.2, 0.25) is 0 Å². The number of fused-ring (bicyclic) bond motifs is 1. The van der Waals surface area contributed by atoms with Crippen molar-refractivity contribution in [3.05, 3.63) is 29.8 Å². The standard InChI is InChI=1S/C19H24N2O3/c1-12-4-7-15(8-5-12)20(14(3)22)11-21-18(23)16-9-6-13(2)10-17(16)19(21)24/h4-5,7-8,13,16-17H,6,9-11H2,1-3H3/t13-,16-,17-/m1/s1. The van der Waals surface area contributed by atoms with Gasteiger partial charge in [-0.05, 0) is 44.2 Å². The van der Waals surface area contributed by atoms with E-state index in [0.717, 1.165) is 24.8 Å². The number of anilines is 1. The number of carbonyl (C=O) groups is 3. The number of rotatable bonds is 3. The molecule has 1 aliphatic carbocycles. The van der Waals surface area contributed by atoms with Crippen LogP contribution in [0.25, 0.3) is 0 Å². The number of hydrogen-bond donors (Lipinski definition) is 0. The Kier molecular flexibility index (Phi) is 4.43. The Bertz CT molecular complexity index is 668. The van der Waals surface area contributed by atoms with Crippen LogP contribution in [-0.2, 0) is 14.4 Å². The average Bonchev–Trinajstić information content (AvgIpc) is 2.77. The molecule has 5 nitrogen and oxygen atoms in total. The van der Waals surface area contributed by atoms with Gasteiger partial charge in [0, 0.05) is 12.6 Å². The van der Waals surface area contributed by atoms with Gasteiger partial charge in [-0.3, -0.25) is 24.2 Å². The third kappa shape index (κ3) is 2.95. The van der Waals surface area contributed by atoms with Crippen LogP contribution in [0.15, 0.2) is 24.3 Å². The average molecular weight is 328 g/mol. The van der Waals surface area contributed by atoms with Crippen molar-refractivity contribution >= 4 is 23.4 Å². The molecule has 0 unspecified atom stereocenters. The molecule has 128 valence electrons. The number of amides is 3. The highest BCUT2D eigenvalue weighted by Gasteiger charge is 2.49. The van der Waals surface area contributed by atoms with Crippen LogP contribution < -0.4 is 4.90 Å². The van der Waals surface area contributed by atoms with Crippen molar-refractivity contribution in [2.24, 2.45) is 17.8 Å². The molecule has 3 rings (SSSR count). The zero-order valence-electron chi connectivity index (χ0n) is 14.5. The highest BCUT2D eigenvalue weighted by molar-refractivity contribution is 6.06. The minimum atomic E-state index is -0.201. The van der Waals surface area contributed by atoms with Crippen LogP contribution in [0, 0.1) is 24.7 Å². The van der Waals surface area contributed by atoms with Gasteiger partial charge in [0.05, 0.1) is 11.8 Å². The Labute approximate surface area is 142 Å². The Hall–Kier alpha value is -2.17. The molecule has 24 heavy (non-hydrogen) atoms. The van der Waals surface area contributed by atoms with Crippen LogP contribution >= 0.6 is 0 Å². The van der Waals surface area contributed by atoms with E-state index in [1.165, 1.54) is 16.7 Å². The molecule has 3 amide bonds. The van der Waals surface area contributed by atoms with Crippen molar-refractivity contribution < 1.29 is 14.4 Å². The molecular weight excluding hydrogens is 304 g/mol. The maximum absolute atomic E-state index is 12.7. The second kappa shape index (κ2) is 6.38. The monoisotopic (exact) mass is 328 g/mol. The summed E-state index contributed by atoms with van der Waals surface area (Å²) < 4.78 is 0. The van der Waals surface area contributed by atoms with Crippen molar-refractivity contribution in [2.45, 2.75) is 40.0 Å². The van der Waals surface area contributed by atoms with E-state index in [4.69, 9.17) is 0 Å². The predicted molar refractivity (Wildman–Crippen MR) is 91.1 cm³/mol. The minimum absolute atomic E-state index is 0.0114. The van der Waals surface area contributed by atoms with Gasteiger partial charge < -0.3 is 0 Å². The summed E-state index contributed by atoms with van der Waals surface area (Å²) in [6.45, 7) is 5.57. The molecule has 1 aromatic rings. The summed E-state index contributed by atoms with van der Waals surface area (Å²) in [5.74, 6) is -0.328. The first-order valence-electron chi connectivity index (χ1n) is 8.58. The summed E-state index contributed by atoms with van der Waals surface area (Å²) in [5.41, 5.74) is 1.80. The Morgan fingerprint density at radius 3 is 2.38 bits per heavy atom. The zero-order valence-corrected chi connectivity index (χ0v) is 14.5. The van der Waals surface area contributed by atoms with Gasteiger partial charge in [-0.15, -0.1) is 0 Å². The fourth-order valence-electron chi connectivity index (χ4n) is 3.83. The summed E-state index contributed by atoms with van der Waals surface area (Å²) in [6, 6.07) is 7.52. The molecule has 0 bridgehead atoms. The first-order valence-corrected chi connectivity index (χ1v) is 8.58. The Balaban J connectivity index is 1.82. The lowest BCUT2D eigenvalue weighted by Crippen LogP contribution is -2.44. The van der Waals surface area contributed by atoms with E-state index < -0.39 is 0 Å². The van der Waals surface area contributed by atoms with Gasteiger partial charge in [-0.25, -0.2) is 0 Å². The third-order valence-corrected chi connectivity index (χ3v) is 5.29. The van der Waals surface area contributed by atoms with Gasteiger partial charge in [-0.2, -0.15) is 0 Å². The summed E-state index contributed by atoms with van der Waals surface area (Å²) in [4.78, 5) is 40.2. The van der Waals surface area contributed by atoms with Crippen LogP contribution in [-0.4, -0.2) is 29.3 Å². The molecule has 1 aromatic carbocycles. The van der Waals surface area contributed by atoms with E-state index in [-0.39, 0.29) is 36.2 Å². The summed E-state index contributed by atoms with van der Waals surface area (Å²) in [6.07, 6.45) is 2.54. The summed E-state index contributed by atoms with van der Waals surface area (Å²) >= 11 is 0. The molecule has 0 spiro atoms. The molecule has 2 aliphatic rings. The van der Waals surface area contributed by atoms with E-state index >= 15 is 0 Å². The van der Waals surface area contributed by atoms with E-state index in [9.17, 15) is 14.4 Å². The second-order valence-electron chi connectivity index (χ2n) is 7.16. The van der Waals surface area contributed by atoms with Crippen molar-refractivity contribution in [1.29, 1.82) is 0 Å². The number of benzene rings is 1. The van der Waals surface area contributed by atoms with Crippen LogP contribution in [0.3, 0.4) is 0 Å². The largest absolute Gasteiger partial charge is 0.294 e. The van der Waals surface area contributed by atoms with Crippen molar-refractivity contribution in [2.75, 3.05) is 11.6 Å². The van der Waals surface area contributed by atoms with Crippen molar-refractivity contribution in [1.82, 2.24) is 4.90 Å². The molecule has 1 saturated heterocycles. The van der Waals surface area contributed by atoms with Gasteiger partial charge in [0.25, 0.3) is 0 Å². The van der Waals surface area contributed by atoms with Gasteiger partial charge in [0.2, 0.25) is 17.7 Å². The van der Waals surface area contributed by atoms with Gasteiger partial charge in [-0.1, -0.05) is 24.6 Å². The molecule has 0 aromatic heterocycles. The molecule has 0 radical (unpaired) electrons. The smallest absolute Gasteiger partial charge is 0.234 e. The Morgan fingerprint density at radius 1 is 1.12 bits per heavy atom. The van der Waals surface area contributed by atoms with E-state index in [0.29, 0.717) is 11.6 Å². The molecular formula is C19H24N2O3. The fraction of sp³-hybridized carbons (Fsp3) is 0.526. The van der Waals surface area contributed by atoms with E-state index in [1.807, 2.05) is 31.2 Å². The number of nitrogens with zero attached hydrogens (tertiary/aromatic N) is 2. The first-order chi connectivity index (χ1) is 11.4. The first kappa shape index (κ1) is 16.7. The van der Waals surface area contributed by atoms with Gasteiger partial charge >= 0.3 is 0 Å². The summed E-state index contributed by atoms with van der Waals surface area (Å²) in [5, 5.41) is 0. The summed E-state index contributed by atoms with van der Waals surface area (Å²) in [7, 11) is 0. The maximum atomic E-state index is 12.7. The fourth-order valence-corrected chi connectivity index (χ4v) is 3.83. The lowest BCUT2D eigenvalue weighted by molar-refractivity contribution is -0.140. The van der Waals surface area contributed by atoms with Crippen LogP contribution in [0.5, 0.6) is 0 Å². The maximum Gasteiger partial charge on any atom is 0.234 e. The van der Waals surface area contributed by atoms with E-state index in [1.54, 1.807) is 0 Å². The van der Waals surface area contributed by atoms with Gasteiger partial charge in [0.15, 0.2) is 0 Å². The second-order valence-corrected chi connectivity index (χ2v) is 7.16. The van der Waals surface area contributed by atoms with Crippen LogP contribution in [0.1, 0.15) is 38.7 Å². The quantitative estimate of drug-likeness (QED) is 0.802. The Morgan fingerprint density at radius 2 is 1.75 bits per heavy atom. The highest BCUT2D eigenvalue weighted by atomic mass is 16.2. The lowest BCUT2D eigenvalue weighted by atomic mass is 9.76. The minimum Gasteiger partial charge on any atom is -0.294 e. The van der Waals surface area contributed by atoms with Crippen molar-refractivity contribution in [3.8, 4) is 0 Å². The number of aryl methyl sites for hydroxylation is 1. The molecule has 5 heteroatoms. The van der Waals surface area contributed by atoms with Crippen molar-refractivity contribution in [3.63, 3.8) is 0 Å². The van der Waals surface area contributed by atoms with Gasteiger partial charge in [0.1, 0.15) is 6.67 Å². The number of imide groups is 1. The number of likely N-dealkylation sites (tertiary alicyclic amines) is 1. The zero-order chi connectivity index (χ0) is 17.4. The molecule has 1 saturated carbocycles. The molecule has 1 aliphatic heterocycles. The van der Waals surface area contributed by atoms with Crippen LogP contribution in [0.4, 0.5) is 5.69 Å². The lowest BCUT2D eigenvalue weighted by Gasteiger charge is -2.26. The molecule has 2 fully saturated rings. The highest BCUT2D eigenvalue weighted by Crippen LogP contribution is 2.40. The van der Waals surface area contributed by atoms with E-state index in [2.05, 4.69) is 6.92 Å². The topological polar surface area (TPSA) is 57.7 Å². The molecule has 3 atom stereocenters. The molecule has 0 N–H and O–H groups in total. The normalized spacial score (nSPS) is 26.5. The molecule has 1 heterocycles. The number of carbonyl (C=O) groups excluding carboxylic acids is 3. The SMILES string of the molecule is CC(=O)N(CN1C(=O)[C@@H]2CC[C@@H](C)C[C@H]2C1=O)c1ccc(C)cc1. The predicted octanol–water partition coefficient (Wildman–Crippen LogP) is 2.73. The number of hydrogen-bond acceptors (Lipinski definition) is 3. The third-order valence-electron chi connectivity index (χ3n) is 5.29.